The number of amides is 3. The van der Waals surface area contributed by atoms with Crippen LogP contribution in [0.1, 0.15) is 0 Å². The van der Waals surface area contributed by atoms with Crippen molar-refractivity contribution in [3.05, 3.63) is 22.3 Å². The van der Waals surface area contributed by atoms with Gasteiger partial charge in [0.2, 0.25) is 0 Å². The average molecular weight is 153 g/mol. The fraction of sp³-hybridized carbons (Fsp3) is 0. The summed E-state index contributed by atoms with van der Waals surface area (Å²) in [6.45, 7) is 0. The number of urea groups is 1. The second-order valence-electron chi connectivity index (χ2n) is 1.66. The van der Waals surface area contributed by atoms with Crippen LogP contribution in [0.3, 0.4) is 0 Å². The Morgan fingerprint density at radius 2 is 2.18 bits per heavy atom. The van der Waals surface area contributed by atoms with Crippen LogP contribution >= 0.6 is 0 Å². The van der Waals surface area contributed by atoms with Gasteiger partial charge in [-0.3, -0.25) is 10.1 Å². The van der Waals surface area contributed by atoms with Crippen LogP contribution in [0.2, 0.25) is 0 Å². The summed E-state index contributed by atoms with van der Waals surface area (Å²) in [4.78, 5) is 23.4. The van der Waals surface area contributed by atoms with E-state index < -0.39 is 11.9 Å². The van der Waals surface area contributed by atoms with Crippen molar-refractivity contribution in [3.8, 4) is 0 Å². The molecule has 3 amide bonds. The summed E-state index contributed by atoms with van der Waals surface area (Å²) in [5.74, 6) is -0.595. The van der Waals surface area contributed by atoms with Crippen molar-refractivity contribution in [2.75, 3.05) is 0 Å². The Hall–Kier alpha value is -2.01. The lowest BCUT2D eigenvalue weighted by molar-refractivity contribution is -0.115. The van der Waals surface area contributed by atoms with Crippen LogP contribution in [0.15, 0.2) is 17.0 Å². The van der Waals surface area contributed by atoms with Crippen molar-refractivity contribution >= 4 is 11.9 Å². The quantitative estimate of drug-likeness (QED) is 0.181. The molecule has 0 aliphatic carbocycles. The number of carbonyl (C=O) groups is 2. The van der Waals surface area contributed by atoms with Crippen molar-refractivity contribution in [1.29, 1.82) is 0 Å². The minimum atomic E-state index is -0.616. The third-order valence-corrected chi connectivity index (χ3v) is 0.958. The molecule has 0 spiro atoms. The molecule has 7 heteroatoms. The second-order valence-corrected chi connectivity index (χ2v) is 1.66. The summed E-state index contributed by atoms with van der Waals surface area (Å²) < 4.78 is 0. The molecule has 1 aliphatic heterocycles. The number of rotatable bonds is 1. The lowest BCUT2D eigenvalue weighted by Gasteiger charge is -1.85. The van der Waals surface area contributed by atoms with Crippen molar-refractivity contribution in [3.63, 3.8) is 0 Å². The summed E-state index contributed by atoms with van der Waals surface area (Å²) in [5, 5.41) is 7.05. The van der Waals surface area contributed by atoms with Crippen LogP contribution in [0, 0.1) is 0 Å². The topological polar surface area (TPSA) is 107 Å². The summed E-state index contributed by atoms with van der Waals surface area (Å²) in [5.41, 5.74) is 7.80. The van der Waals surface area contributed by atoms with E-state index in [4.69, 9.17) is 5.53 Å². The zero-order valence-electron chi connectivity index (χ0n) is 5.24. The Balaban J connectivity index is 2.82. The molecule has 56 valence electrons. The van der Waals surface area contributed by atoms with E-state index in [-0.39, 0.29) is 5.70 Å². The molecule has 0 bridgehead atoms. The standard InChI is InChI=1S/C4H3N5O2/c5-9-6-1-2-3(10)8-4(11)7-2/h1H,(H2,7,8,10,11)/b2-1+. The van der Waals surface area contributed by atoms with E-state index in [0.29, 0.717) is 0 Å². The highest BCUT2D eigenvalue weighted by Crippen LogP contribution is 1.96. The summed E-state index contributed by atoms with van der Waals surface area (Å²) >= 11 is 0. The SMILES string of the molecule is [N-]=[N+]=N/C=C1/NC(=O)NC1=O. The summed E-state index contributed by atoms with van der Waals surface area (Å²) in [6.07, 6.45) is 0.931. The lowest BCUT2D eigenvalue weighted by Crippen LogP contribution is -2.22. The number of azide groups is 1. The monoisotopic (exact) mass is 153 g/mol. The molecular formula is C4H3N5O2. The molecule has 0 aromatic carbocycles. The van der Waals surface area contributed by atoms with Gasteiger partial charge in [0.05, 0.1) is 0 Å². The Labute approximate surface area is 60.7 Å². The van der Waals surface area contributed by atoms with Gasteiger partial charge in [-0.2, -0.15) is 0 Å². The number of nitrogens with one attached hydrogen (secondary N) is 2. The normalized spacial score (nSPS) is 19.1. The van der Waals surface area contributed by atoms with Gasteiger partial charge in [-0.25, -0.2) is 4.79 Å². The number of nitrogens with zero attached hydrogens (tertiary/aromatic N) is 3. The van der Waals surface area contributed by atoms with Gasteiger partial charge in [-0.1, -0.05) is 5.11 Å². The molecule has 0 atom stereocenters. The van der Waals surface area contributed by atoms with Crippen LogP contribution in [-0.4, -0.2) is 11.9 Å². The van der Waals surface area contributed by atoms with Crippen molar-refractivity contribution in [1.82, 2.24) is 10.6 Å². The van der Waals surface area contributed by atoms with Crippen LogP contribution in [-0.2, 0) is 4.79 Å². The van der Waals surface area contributed by atoms with E-state index in [1.807, 2.05) is 5.32 Å². The minimum absolute atomic E-state index is 0.0483. The van der Waals surface area contributed by atoms with Crippen LogP contribution < -0.4 is 10.6 Å². The number of imide groups is 1. The van der Waals surface area contributed by atoms with Gasteiger partial charge in [-0.15, -0.1) is 0 Å². The Morgan fingerprint density at radius 1 is 1.45 bits per heavy atom. The van der Waals surface area contributed by atoms with Gasteiger partial charge < -0.3 is 5.32 Å². The molecule has 1 heterocycles. The fourth-order valence-electron chi connectivity index (χ4n) is 0.555. The van der Waals surface area contributed by atoms with E-state index in [0.717, 1.165) is 6.20 Å². The van der Waals surface area contributed by atoms with E-state index in [1.54, 1.807) is 0 Å². The maximum absolute atomic E-state index is 10.6. The summed E-state index contributed by atoms with van der Waals surface area (Å²) in [6, 6.07) is -0.616. The minimum Gasteiger partial charge on any atom is -0.303 e. The Kier molecular flexibility index (Phi) is 1.75. The molecule has 1 rings (SSSR count). The molecular weight excluding hydrogens is 150 g/mol. The maximum Gasteiger partial charge on any atom is 0.326 e. The van der Waals surface area contributed by atoms with E-state index >= 15 is 0 Å². The van der Waals surface area contributed by atoms with Crippen LogP contribution in [0.5, 0.6) is 0 Å². The average Bonchev–Trinajstić information content (AvgIpc) is 2.26. The van der Waals surface area contributed by atoms with Gasteiger partial charge in [0.25, 0.3) is 5.91 Å². The highest BCUT2D eigenvalue weighted by Gasteiger charge is 2.21. The first kappa shape index (κ1) is 7.10. The predicted molar refractivity (Wildman–Crippen MR) is 33.9 cm³/mol. The molecule has 0 saturated carbocycles. The van der Waals surface area contributed by atoms with Crippen LogP contribution in [0.25, 0.3) is 10.4 Å². The molecule has 0 unspecified atom stereocenters. The fourth-order valence-corrected chi connectivity index (χ4v) is 0.555. The maximum atomic E-state index is 10.6. The van der Waals surface area contributed by atoms with Crippen molar-refractivity contribution < 1.29 is 9.59 Å². The molecule has 1 aliphatic rings. The third-order valence-electron chi connectivity index (χ3n) is 0.958. The molecule has 1 fully saturated rings. The highest BCUT2D eigenvalue weighted by molar-refractivity contribution is 6.11. The molecule has 0 aromatic rings. The van der Waals surface area contributed by atoms with E-state index in [1.165, 1.54) is 0 Å². The van der Waals surface area contributed by atoms with Crippen molar-refractivity contribution in [2.24, 2.45) is 5.11 Å². The number of hydrogen-bond donors (Lipinski definition) is 2. The molecule has 7 nitrogen and oxygen atoms in total. The molecule has 0 aromatic heterocycles. The van der Waals surface area contributed by atoms with E-state index in [9.17, 15) is 9.59 Å². The number of hydrogen-bond acceptors (Lipinski definition) is 3. The highest BCUT2D eigenvalue weighted by atomic mass is 16.2. The molecule has 0 radical (unpaired) electrons. The largest absolute Gasteiger partial charge is 0.326 e. The summed E-state index contributed by atoms with van der Waals surface area (Å²) in [7, 11) is 0. The molecule has 11 heavy (non-hydrogen) atoms. The number of carbonyl (C=O) groups excluding carboxylic acids is 2. The third kappa shape index (κ3) is 1.46. The van der Waals surface area contributed by atoms with E-state index in [2.05, 4.69) is 15.3 Å². The van der Waals surface area contributed by atoms with Gasteiger partial charge in [0.15, 0.2) is 0 Å². The lowest BCUT2D eigenvalue weighted by atomic mass is 10.5. The van der Waals surface area contributed by atoms with Crippen molar-refractivity contribution in [2.45, 2.75) is 0 Å². The first-order valence-electron chi connectivity index (χ1n) is 2.61. The first-order chi connectivity index (χ1) is 5.24. The first-order valence-corrected chi connectivity index (χ1v) is 2.61. The van der Waals surface area contributed by atoms with Gasteiger partial charge in [-0.05, 0) is 5.53 Å². The zero-order valence-corrected chi connectivity index (χ0v) is 5.24. The van der Waals surface area contributed by atoms with Gasteiger partial charge in [0, 0.05) is 11.1 Å². The molecule has 2 N–H and O–H groups in total. The van der Waals surface area contributed by atoms with Gasteiger partial charge >= 0.3 is 6.03 Å². The molecule has 1 saturated heterocycles. The van der Waals surface area contributed by atoms with Gasteiger partial charge in [0.1, 0.15) is 5.70 Å². The van der Waals surface area contributed by atoms with Crippen LogP contribution in [0.4, 0.5) is 4.79 Å². The predicted octanol–water partition coefficient (Wildman–Crippen LogP) is -0.0225. The zero-order chi connectivity index (χ0) is 8.27. The Bertz CT molecular complexity index is 287. The Morgan fingerprint density at radius 3 is 2.64 bits per heavy atom. The smallest absolute Gasteiger partial charge is 0.303 e. The second kappa shape index (κ2) is 2.72.